The van der Waals surface area contributed by atoms with Crippen LogP contribution in [0.2, 0.25) is 0 Å². The molecule has 0 aliphatic heterocycles. The summed E-state index contributed by atoms with van der Waals surface area (Å²) in [6.07, 6.45) is 1.92. The van der Waals surface area contributed by atoms with E-state index < -0.39 is 11.6 Å². The highest BCUT2D eigenvalue weighted by Gasteiger charge is 2.04. The highest BCUT2D eigenvalue weighted by atomic mass is 19.1. The Balaban J connectivity index is 2.47. The van der Waals surface area contributed by atoms with Crippen LogP contribution in [0.1, 0.15) is 19.5 Å². The largest absolute Gasteiger partial charge is 0.248 e. The lowest BCUT2D eigenvalue weighted by molar-refractivity contribution is 0.584. The molecule has 0 unspecified atom stereocenters. The monoisotopic (exact) mass is 245 g/mol. The van der Waals surface area contributed by atoms with Crippen molar-refractivity contribution in [2.45, 2.75) is 13.8 Å². The van der Waals surface area contributed by atoms with E-state index in [2.05, 4.69) is 4.98 Å². The number of benzene rings is 1. The first-order valence-corrected chi connectivity index (χ1v) is 5.63. The van der Waals surface area contributed by atoms with Crippen LogP contribution >= 0.6 is 0 Å². The first-order chi connectivity index (χ1) is 8.54. The second-order valence-corrected chi connectivity index (χ2v) is 4.33. The molecule has 1 heterocycles. The first kappa shape index (κ1) is 12.4. The molecule has 0 spiro atoms. The third kappa shape index (κ3) is 3.00. The van der Waals surface area contributed by atoms with Crippen molar-refractivity contribution in [3.05, 3.63) is 59.3 Å². The summed E-state index contributed by atoms with van der Waals surface area (Å²) in [5.41, 5.74) is 2.89. The van der Waals surface area contributed by atoms with E-state index in [9.17, 15) is 8.78 Å². The number of halogens is 2. The quantitative estimate of drug-likeness (QED) is 0.761. The zero-order valence-electron chi connectivity index (χ0n) is 10.2. The van der Waals surface area contributed by atoms with E-state index in [4.69, 9.17) is 0 Å². The van der Waals surface area contributed by atoms with Crippen LogP contribution in [0.4, 0.5) is 8.78 Å². The molecule has 92 valence electrons. The van der Waals surface area contributed by atoms with Crippen molar-refractivity contribution in [1.82, 2.24) is 4.98 Å². The summed E-state index contributed by atoms with van der Waals surface area (Å²) in [6, 6.07) is 8.81. The SMILES string of the molecule is CC(C)=Cc1cccc(-c2cc(F)cc(F)c2)n1. The van der Waals surface area contributed by atoms with E-state index in [0.29, 0.717) is 11.3 Å². The van der Waals surface area contributed by atoms with Crippen LogP contribution in [0.5, 0.6) is 0 Å². The molecule has 0 radical (unpaired) electrons. The van der Waals surface area contributed by atoms with Crippen molar-refractivity contribution in [3.8, 4) is 11.3 Å². The highest BCUT2D eigenvalue weighted by Crippen LogP contribution is 2.20. The topological polar surface area (TPSA) is 12.9 Å². The minimum atomic E-state index is -0.598. The van der Waals surface area contributed by atoms with Gasteiger partial charge in [-0.1, -0.05) is 11.6 Å². The van der Waals surface area contributed by atoms with E-state index in [1.54, 1.807) is 6.07 Å². The summed E-state index contributed by atoms with van der Waals surface area (Å²) in [5, 5.41) is 0. The maximum atomic E-state index is 13.1. The zero-order valence-corrected chi connectivity index (χ0v) is 10.2. The second kappa shape index (κ2) is 5.08. The molecule has 0 amide bonds. The molecule has 0 aliphatic rings. The molecule has 2 aromatic rings. The molecule has 1 aromatic carbocycles. The lowest BCUT2D eigenvalue weighted by Gasteiger charge is -2.03. The van der Waals surface area contributed by atoms with Crippen LogP contribution in [-0.4, -0.2) is 4.98 Å². The van der Waals surface area contributed by atoms with E-state index in [-0.39, 0.29) is 0 Å². The van der Waals surface area contributed by atoms with Crippen LogP contribution in [0.15, 0.2) is 42.0 Å². The van der Waals surface area contributed by atoms with Gasteiger partial charge in [-0.05, 0) is 44.2 Å². The number of allylic oxidation sites excluding steroid dienone is 1. The summed E-state index contributed by atoms with van der Waals surface area (Å²) in [5.74, 6) is -1.20. The predicted octanol–water partition coefficient (Wildman–Crippen LogP) is 4.45. The van der Waals surface area contributed by atoms with Gasteiger partial charge in [0.25, 0.3) is 0 Å². The normalized spacial score (nSPS) is 10.2. The second-order valence-electron chi connectivity index (χ2n) is 4.33. The zero-order chi connectivity index (χ0) is 13.1. The smallest absolute Gasteiger partial charge is 0.126 e. The molecule has 18 heavy (non-hydrogen) atoms. The minimum absolute atomic E-state index is 0.441. The van der Waals surface area contributed by atoms with Crippen LogP contribution in [0.25, 0.3) is 17.3 Å². The summed E-state index contributed by atoms with van der Waals surface area (Å²) < 4.78 is 26.3. The van der Waals surface area contributed by atoms with E-state index in [1.807, 2.05) is 32.1 Å². The number of aromatic nitrogens is 1. The van der Waals surface area contributed by atoms with Crippen LogP contribution in [0.3, 0.4) is 0 Å². The summed E-state index contributed by atoms with van der Waals surface area (Å²) in [4.78, 5) is 4.36. The maximum Gasteiger partial charge on any atom is 0.126 e. The van der Waals surface area contributed by atoms with Crippen molar-refractivity contribution in [2.75, 3.05) is 0 Å². The van der Waals surface area contributed by atoms with Crippen molar-refractivity contribution in [2.24, 2.45) is 0 Å². The van der Waals surface area contributed by atoms with Crippen molar-refractivity contribution in [1.29, 1.82) is 0 Å². The lowest BCUT2D eigenvalue weighted by Crippen LogP contribution is -1.89. The highest BCUT2D eigenvalue weighted by molar-refractivity contribution is 5.61. The van der Waals surface area contributed by atoms with Gasteiger partial charge in [-0.2, -0.15) is 0 Å². The Kier molecular flexibility index (Phi) is 3.51. The molecule has 3 heteroatoms. The van der Waals surface area contributed by atoms with Gasteiger partial charge in [-0.3, -0.25) is 0 Å². The summed E-state index contributed by atoms with van der Waals surface area (Å²) in [6.45, 7) is 3.94. The van der Waals surface area contributed by atoms with Crippen LogP contribution < -0.4 is 0 Å². The Morgan fingerprint density at radius 1 is 1.06 bits per heavy atom. The Morgan fingerprint density at radius 2 is 1.72 bits per heavy atom. The third-order valence-corrected chi connectivity index (χ3v) is 2.37. The molecule has 1 nitrogen and oxygen atoms in total. The first-order valence-electron chi connectivity index (χ1n) is 5.63. The molecule has 0 N–H and O–H groups in total. The van der Waals surface area contributed by atoms with Crippen molar-refractivity contribution in [3.63, 3.8) is 0 Å². The number of nitrogens with zero attached hydrogens (tertiary/aromatic N) is 1. The number of hydrogen-bond acceptors (Lipinski definition) is 1. The van der Waals surface area contributed by atoms with Gasteiger partial charge in [0.05, 0.1) is 11.4 Å². The molecule has 1 aromatic heterocycles. The summed E-state index contributed by atoms with van der Waals surface area (Å²) >= 11 is 0. The van der Waals surface area contributed by atoms with E-state index in [0.717, 1.165) is 17.3 Å². The van der Waals surface area contributed by atoms with Crippen molar-refractivity contribution >= 4 is 6.08 Å². The van der Waals surface area contributed by atoms with Gasteiger partial charge >= 0.3 is 0 Å². The van der Waals surface area contributed by atoms with Gasteiger partial charge in [0, 0.05) is 11.6 Å². The molecule has 0 fully saturated rings. The molecule has 0 atom stereocenters. The van der Waals surface area contributed by atoms with E-state index >= 15 is 0 Å². The molecule has 0 saturated heterocycles. The predicted molar refractivity (Wildman–Crippen MR) is 68.9 cm³/mol. The minimum Gasteiger partial charge on any atom is -0.248 e. The Bertz CT molecular complexity index is 579. The van der Waals surface area contributed by atoms with Gasteiger partial charge < -0.3 is 0 Å². The van der Waals surface area contributed by atoms with Crippen LogP contribution in [0, 0.1) is 11.6 Å². The van der Waals surface area contributed by atoms with Gasteiger partial charge in [-0.25, -0.2) is 13.8 Å². The number of rotatable bonds is 2. The molecule has 0 saturated carbocycles. The van der Waals surface area contributed by atoms with Gasteiger partial charge in [-0.15, -0.1) is 0 Å². The maximum absolute atomic E-state index is 13.1. The molecular formula is C15H13F2N. The number of hydrogen-bond donors (Lipinski definition) is 0. The molecule has 0 bridgehead atoms. The standard InChI is InChI=1S/C15H13F2N/c1-10(2)6-14-4-3-5-15(18-14)11-7-12(16)9-13(17)8-11/h3-9H,1-2H3. The summed E-state index contributed by atoms with van der Waals surface area (Å²) in [7, 11) is 0. The van der Waals surface area contributed by atoms with Gasteiger partial charge in [0.15, 0.2) is 0 Å². The molecular weight excluding hydrogens is 232 g/mol. The van der Waals surface area contributed by atoms with Crippen LogP contribution in [-0.2, 0) is 0 Å². The van der Waals surface area contributed by atoms with E-state index in [1.165, 1.54) is 12.1 Å². The van der Waals surface area contributed by atoms with Crippen molar-refractivity contribution < 1.29 is 8.78 Å². The lowest BCUT2D eigenvalue weighted by atomic mass is 10.1. The average molecular weight is 245 g/mol. The molecule has 0 aliphatic carbocycles. The fourth-order valence-corrected chi connectivity index (χ4v) is 1.69. The third-order valence-electron chi connectivity index (χ3n) is 2.37. The fraction of sp³-hybridized carbons (Fsp3) is 0.133. The average Bonchev–Trinajstić information content (AvgIpc) is 2.27. The fourth-order valence-electron chi connectivity index (χ4n) is 1.69. The van der Waals surface area contributed by atoms with Gasteiger partial charge in [0.2, 0.25) is 0 Å². The number of pyridine rings is 1. The van der Waals surface area contributed by atoms with Gasteiger partial charge in [0.1, 0.15) is 11.6 Å². The Labute approximate surface area is 105 Å². The Hall–Kier alpha value is -2.03. The Morgan fingerprint density at radius 3 is 2.33 bits per heavy atom. The molecule has 2 rings (SSSR count).